The van der Waals surface area contributed by atoms with Crippen molar-refractivity contribution in [2.75, 3.05) is 26.7 Å². The summed E-state index contributed by atoms with van der Waals surface area (Å²) in [7, 11) is 1.81. The highest BCUT2D eigenvalue weighted by molar-refractivity contribution is 5.76. The van der Waals surface area contributed by atoms with Crippen LogP contribution in [0, 0.1) is 17.3 Å². The van der Waals surface area contributed by atoms with Gasteiger partial charge in [-0.3, -0.25) is 14.5 Å². The second-order valence-electron chi connectivity index (χ2n) is 13.0. The quantitative estimate of drug-likeness (QED) is 0.407. The molecule has 2 unspecified atom stereocenters. The maximum atomic E-state index is 12.8. The second kappa shape index (κ2) is 8.59. The average molecular weight is 524 g/mol. The van der Waals surface area contributed by atoms with Crippen molar-refractivity contribution >= 4 is 11.8 Å². The number of hydrogen-bond acceptors (Lipinski definition) is 6. The molecule has 4 N–H and O–H groups in total. The van der Waals surface area contributed by atoms with E-state index in [0.29, 0.717) is 44.0 Å². The van der Waals surface area contributed by atoms with E-state index in [9.17, 15) is 14.7 Å². The summed E-state index contributed by atoms with van der Waals surface area (Å²) < 4.78 is 13.3. The van der Waals surface area contributed by atoms with E-state index < -0.39 is 5.60 Å². The van der Waals surface area contributed by atoms with Gasteiger partial charge in [0.05, 0.1) is 0 Å². The molecule has 2 amide bonds. The zero-order valence-corrected chi connectivity index (χ0v) is 22.5. The Bertz CT molecular complexity index is 1170. The number of likely N-dealkylation sites (tertiary alicyclic amines) is 1. The molecule has 38 heavy (non-hydrogen) atoms. The third kappa shape index (κ3) is 3.22. The summed E-state index contributed by atoms with van der Waals surface area (Å²) in [6.45, 7) is 2.82. The van der Waals surface area contributed by atoms with Crippen LogP contribution in [0.2, 0.25) is 0 Å². The minimum absolute atomic E-state index is 0.0177. The Kier molecular flexibility index (Phi) is 5.58. The summed E-state index contributed by atoms with van der Waals surface area (Å²) in [6, 6.07) is 4.41. The lowest BCUT2D eigenvalue weighted by atomic mass is 9.35. The molecule has 8 rings (SSSR count). The molecule has 0 aromatic heterocycles. The van der Waals surface area contributed by atoms with Crippen LogP contribution in [0.15, 0.2) is 12.1 Å². The Labute approximate surface area is 224 Å². The van der Waals surface area contributed by atoms with Gasteiger partial charge in [-0.15, -0.1) is 0 Å². The molecule has 5 fully saturated rings. The molecule has 206 valence electrons. The van der Waals surface area contributed by atoms with Gasteiger partial charge >= 0.3 is 0 Å². The number of hydrogen-bond donors (Lipinski definition) is 3. The van der Waals surface area contributed by atoms with Crippen molar-refractivity contribution in [1.29, 1.82) is 0 Å². The number of aromatic hydroxyl groups is 1. The third-order valence-electron chi connectivity index (χ3n) is 11.4. The number of amides is 2. The number of carbonyl (C=O) groups is 2. The first kappa shape index (κ1) is 24.7. The van der Waals surface area contributed by atoms with Crippen LogP contribution >= 0.6 is 0 Å². The topological polar surface area (TPSA) is 114 Å². The molecule has 1 saturated heterocycles. The van der Waals surface area contributed by atoms with Gasteiger partial charge in [-0.05, 0) is 81.9 Å². The first-order valence-electron chi connectivity index (χ1n) is 14.7. The van der Waals surface area contributed by atoms with Gasteiger partial charge in [0, 0.05) is 61.4 Å². The number of nitrogens with one attached hydrogen (secondary N) is 1. The van der Waals surface area contributed by atoms with Gasteiger partial charge in [0.25, 0.3) is 0 Å². The molecule has 1 aromatic rings. The average Bonchev–Trinajstić information content (AvgIpc) is 3.65. The van der Waals surface area contributed by atoms with Crippen molar-refractivity contribution in [3.8, 4) is 11.5 Å². The van der Waals surface area contributed by atoms with E-state index in [1.54, 1.807) is 0 Å². The first-order valence-corrected chi connectivity index (χ1v) is 14.7. The van der Waals surface area contributed by atoms with E-state index >= 15 is 0 Å². The van der Waals surface area contributed by atoms with Gasteiger partial charge in [-0.1, -0.05) is 6.07 Å². The van der Waals surface area contributed by atoms with Crippen molar-refractivity contribution in [3.63, 3.8) is 0 Å². The predicted molar refractivity (Wildman–Crippen MR) is 141 cm³/mol. The highest BCUT2D eigenvalue weighted by atomic mass is 16.6. The highest BCUT2D eigenvalue weighted by Crippen LogP contribution is 2.76. The molecular formula is C30H41N3O5. The van der Waals surface area contributed by atoms with E-state index in [4.69, 9.17) is 15.2 Å². The van der Waals surface area contributed by atoms with Crippen molar-refractivity contribution in [3.05, 3.63) is 23.3 Å². The van der Waals surface area contributed by atoms with Crippen molar-refractivity contribution in [1.82, 2.24) is 10.2 Å². The Morgan fingerprint density at radius 2 is 2.03 bits per heavy atom. The Morgan fingerprint density at radius 1 is 1.21 bits per heavy atom. The number of fused-ring (bicyclic) bond motifs is 2. The molecule has 7 aliphatic rings. The number of methoxy groups -OCH3 is 1. The minimum atomic E-state index is -0.510. The van der Waals surface area contributed by atoms with E-state index in [0.717, 1.165) is 44.6 Å². The number of phenolic OH excluding ortho intramolecular Hbond substituents is 1. The number of unbranched alkanes of at least 4 members (excludes halogenated alkanes) is 1. The number of primary amides is 1. The number of rotatable bonds is 10. The fourth-order valence-electron chi connectivity index (χ4n) is 9.70. The summed E-state index contributed by atoms with van der Waals surface area (Å²) in [5, 5.41) is 14.2. The molecular weight excluding hydrogens is 482 g/mol. The summed E-state index contributed by atoms with van der Waals surface area (Å²) in [4.78, 5) is 26.6. The molecule has 2 heterocycles. The molecule has 2 spiro atoms. The van der Waals surface area contributed by atoms with Gasteiger partial charge in [-0.25, -0.2) is 0 Å². The largest absolute Gasteiger partial charge is 0.504 e. The summed E-state index contributed by atoms with van der Waals surface area (Å²) in [6.07, 6.45) is 9.60. The monoisotopic (exact) mass is 523 g/mol. The standard InChI is InChI=1S/C30H41N3O5/c1-37-30-11-10-28(15-20(30)16-32-24(36)5-3-2-4-23(31)35)22-14-19-8-9-21(34)26-25(19)29(28,27(30)38-26)12-13-33(22)17-18-6-7-18/h8-9,18,20,22,27,34H,2-7,10-17H2,1H3,(H2,31,35)(H,32,36)/t20-,22-,27?,28-,29+,30?/m1/s1. The fraction of sp³-hybridized carbons (Fsp3) is 0.733. The molecule has 4 bridgehead atoms. The molecule has 0 radical (unpaired) electrons. The Hall–Kier alpha value is -2.32. The van der Waals surface area contributed by atoms with Crippen LogP contribution < -0.4 is 15.8 Å². The number of nitrogens with zero attached hydrogens (tertiary/aromatic N) is 1. The SMILES string of the molecule is COC12CC[C@@]3(C[C@@H]1CNC(=O)CCCCC(N)=O)[C@H]1Cc4ccc(O)c5c4[C@@]3(CCN1CC1CC1)C2O5. The van der Waals surface area contributed by atoms with Gasteiger partial charge in [0.1, 0.15) is 11.7 Å². The molecule has 6 atom stereocenters. The molecule has 8 nitrogen and oxygen atoms in total. The van der Waals surface area contributed by atoms with Crippen LogP contribution in [-0.2, 0) is 26.2 Å². The predicted octanol–water partition coefficient (Wildman–Crippen LogP) is 2.78. The lowest BCUT2D eigenvalue weighted by Gasteiger charge is -2.74. The molecule has 4 saturated carbocycles. The van der Waals surface area contributed by atoms with Crippen molar-refractivity contribution in [2.45, 2.75) is 93.8 Å². The van der Waals surface area contributed by atoms with Crippen molar-refractivity contribution < 1.29 is 24.2 Å². The number of ether oxygens (including phenoxy) is 2. The zero-order chi connectivity index (χ0) is 26.3. The van der Waals surface area contributed by atoms with Crippen LogP contribution in [0.1, 0.15) is 75.3 Å². The number of benzene rings is 1. The molecule has 8 heteroatoms. The van der Waals surface area contributed by atoms with E-state index in [1.165, 1.54) is 30.5 Å². The number of nitrogens with two attached hydrogens (primary N) is 1. The summed E-state index contributed by atoms with van der Waals surface area (Å²) >= 11 is 0. The maximum Gasteiger partial charge on any atom is 0.220 e. The zero-order valence-electron chi connectivity index (χ0n) is 22.5. The van der Waals surface area contributed by atoms with Crippen LogP contribution in [-0.4, -0.2) is 66.3 Å². The van der Waals surface area contributed by atoms with Crippen LogP contribution in [0.5, 0.6) is 11.5 Å². The van der Waals surface area contributed by atoms with Gasteiger partial charge in [0.15, 0.2) is 11.5 Å². The van der Waals surface area contributed by atoms with Crippen LogP contribution in [0.3, 0.4) is 0 Å². The van der Waals surface area contributed by atoms with Crippen LogP contribution in [0.25, 0.3) is 0 Å². The third-order valence-corrected chi connectivity index (χ3v) is 11.4. The van der Waals surface area contributed by atoms with Gasteiger partial charge in [0.2, 0.25) is 11.8 Å². The second-order valence-corrected chi connectivity index (χ2v) is 13.0. The fourth-order valence-corrected chi connectivity index (χ4v) is 9.70. The smallest absolute Gasteiger partial charge is 0.220 e. The number of carbonyl (C=O) groups excluding carboxylic acids is 2. The highest BCUT2D eigenvalue weighted by Gasteiger charge is 2.80. The van der Waals surface area contributed by atoms with Gasteiger partial charge in [-0.2, -0.15) is 0 Å². The Balaban J connectivity index is 1.22. The number of phenols is 1. The normalized spacial score (nSPS) is 38.0. The van der Waals surface area contributed by atoms with E-state index in [-0.39, 0.29) is 40.4 Å². The summed E-state index contributed by atoms with van der Waals surface area (Å²) in [5.74, 6) is 1.60. The molecule has 5 aliphatic carbocycles. The van der Waals surface area contributed by atoms with Gasteiger partial charge < -0.3 is 25.6 Å². The van der Waals surface area contributed by atoms with E-state index in [2.05, 4.69) is 16.3 Å². The lowest BCUT2D eigenvalue weighted by molar-refractivity contribution is -0.276. The number of piperidine rings is 1. The lowest BCUT2D eigenvalue weighted by Crippen LogP contribution is -2.81. The van der Waals surface area contributed by atoms with Crippen LogP contribution in [0.4, 0.5) is 0 Å². The van der Waals surface area contributed by atoms with E-state index in [1.807, 2.05) is 13.2 Å². The summed E-state index contributed by atoms with van der Waals surface area (Å²) in [5.41, 5.74) is 7.24. The Morgan fingerprint density at radius 3 is 2.79 bits per heavy atom. The first-order chi connectivity index (χ1) is 18.3. The van der Waals surface area contributed by atoms with Crippen molar-refractivity contribution in [2.24, 2.45) is 23.0 Å². The molecule has 1 aromatic carbocycles. The maximum absolute atomic E-state index is 12.8. The minimum Gasteiger partial charge on any atom is -0.504 e. The molecule has 2 aliphatic heterocycles.